The van der Waals surface area contributed by atoms with Gasteiger partial charge in [-0.25, -0.2) is 0 Å². The third kappa shape index (κ3) is 2.68. The van der Waals surface area contributed by atoms with Gasteiger partial charge in [0.25, 0.3) is 5.69 Å². The topological polar surface area (TPSA) is 86.5 Å². The number of aldehydes is 1. The maximum atomic E-state index is 11.5. The average Bonchev–Trinajstić information content (AvgIpc) is 2.35. The number of ketones is 1. The summed E-state index contributed by atoms with van der Waals surface area (Å²) in [6, 6.07) is 2.23. The number of nitro groups is 1. The van der Waals surface area contributed by atoms with Crippen molar-refractivity contribution in [2.75, 3.05) is 12.4 Å². The molecule has 0 aromatic heterocycles. The third-order valence-electron chi connectivity index (χ3n) is 2.09. The van der Waals surface area contributed by atoms with Crippen LogP contribution in [0.4, 0.5) is 5.69 Å². The number of Topliss-reactive ketones (excluding diaryl/α,β-unsaturated/α-hetero) is 1. The highest BCUT2D eigenvalue weighted by Gasteiger charge is 2.21. The molecule has 7 heteroatoms. The van der Waals surface area contributed by atoms with E-state index in [4.69, 9.17) is 4.74 Å². The second-order valence-corrected chi connectivity index (χ2v) is 3.60. The molecule has 0 atom stereocenters. The molecule has 0 heterocycles. The van der Waals surface area contributed by atoms with Crippen LogP contribution < -0.4 is 4.74 Å². The standard InChI is InChI=1S/C10H8BrNO5/c1-17-10-2-6(5-13)8(12(15)16)3-7(10)9(14)4-11/h2-3,5H,4H2,1H3. The summed E-state index contributed by atoms with van der Waals surface area (Å²) in [5.41, 5.74) is -0.468. The second-order valence-electron chi connectivity index (χ2n) is 3.04. The van der Waals surface area contributed by atoms with Crippen molar-refractivity contribution in [3.63, 3.8) is 0 Å². The number of hydrogen-bond acceptors (Lipinski definition) is 5. The summed E-state index contributed by atoms with van der Waals surface area (Å²) in [5.74, 6) is -0.218. The molecular weight excluding hydrogens is 294 g/mol. The molecule has 90 valence electrons. The molecule has 6 nitrogen and oxygen atoms in total. The summed E-state index contributed by atoms with van der Waals surface area (Å²) in [5, 5.41) is 10.7. The molecular formula is C10H8BrNO5. The molecule has 1 rings (SSSR count). The van der Waals surface area contributed by atoms with Gasteiger partial charge in [-0.05, 0) is 6.07 Å². The van der Waals surface area contributed by atoms with E-state index in [-0.39, 0.29) is 28.0 Å². The van der Waals surface area contributed by atoms with E-state index in [0.29, 0.717) is 6.29 Å². The largest absolute Gasteiger partial charge is 0.496 e. The van der Waals surface area contributed by atoms with Crippen LogP contribution in [0, 0.1) is 10.1 Å². The number of benzene rings is 1. The van der Waals surface area contributed by atoms with Crippen LogP contribution in [0.3, 0.4) is 0 Å². The van der Waals surface area contributed by atoms with Gasteiger partial charge in [-0.2, -0.15) is 0 Å². The van der Waals surface area contributed by atoms with E-state index < -0.39 is 10.6 Å². The van der Waals surface area contributed by atoms with Gasteiger partial charge >= 0.3 is 0 Å². The van der Waals surface area contributed by atoms with Gasteiger partial charge in [-0.15, -0.1) is 0 Å². The highest BCUT2D eigenvalue weighted by Crippen LogP contribution is 2.28. The summed E-state index contributed by atoms with van der Waals surface area (Å²) >= 11 is 2.97. The van der Waals surface area contributed by atoms with E-state index in [2.05, 4.69) is 15.9 Å². The molecule has 0 spiro atoms. The molecule has 0 radical (unpaired) electrons. The SMILES string of the molecule is COc1cc(C=O)c([N+](=O)[O-])cc1C(=O)CBr. The van der Waals surface area contributed by atoms with Crippen molar-refractivity contribution < 1.29 is 19.2 Å². The van der Waals surface area contributed by atoms with Crippen molar-refractivity contribution in [2.45, 2.75) is 0 Å². The first-order chi connectivity index (χ1) is 8.04. The first kappa shape index (κ1) is 13.3. The van der Waals surface area contributed by atoms with Crippen LogP contribution in [0.5, 0.6) is 5.75 Å². The van der Waals surface area contributed by atoms with Gasteiger partial charge in [0.2, 0.25) is 0 Å². The zero-order chi connectivity index (χ0) is 13.0. The number of methoxy groups -OCH3 is 1. The Kier molecular flexibility index (Phi) is 4.33. The summed E-state index contributed by atoms with van der Waals surface area (Å²) in [6.45, 7) is 0. The van der Waals surface area contributed by atoms with E-state index in [9.17, 15) is 19.7 Å². The normalized spacial score (nSPS) is 9.76. The van der Waals surface area contributed by atoms with E-state index in [1.165, 1.54) is 13.2 Å². The van der Waals surface area contributed by atoms with Gasteiger partial charge in [0.05, 0.1) is 28.5 Å². The van der Waals surface area contributed by atoms with Crippen molar-refractivity contribution in [1.82, 2.24) is 0 Å². The van der Waals surface area contributed by atoms with Crippen LogP contribution in [0.25, 0.3) is 0 Å². The van der Waals surface area contributed by atoms with Gasteiger partial charge in [-0.3, -0.25) is 19.7 Å². The molecule has 0 fully saturated rings. The first-order valence-corrected chi connectivity index (χ1v) is 5.58. The predicted octanol–water partition coefficient (Wildman–Crippen LogP) is 1.99. The number of halogens is 1. The number of alkyl halides is 1. The first-order valence-electron chi connectivity index (χ1n) is 4.46. The van der Waals surface area contributed by atoms with Gasteiger partial charge in [0, 0.05) is 6.07 Å². The molecule has 0 saturated heterocycles. The van der Waals surface area contributed by atoms with Crippen molar-refractivity contribution in [3.8, 4) is 5.75 Å². The van der Waals surface area contributed by atoms with Gasteiger partial charge < -0.3 is 4.74 Å². The smallest absolute Gasteiger partial charge is 0.280 e. The fourth-order valence-electron chi connectivity index (χ4n) is 1.30. The Morgan fingerprint density at radius 2 is 2.24 bits per heavy atom. The summed E-state index contributed by atoms with van der Waals surface area (Å²) < 4.78 is 4.92. The fourth-order valence-corrected chi connectivity index (χ4v) is 1.60. The van der Waals surface area contributed by atoms with Crippen LogP contribution in [0.2, 0.25) is 0 Å². The summed E-state index contributed by atoms with van der Waals surface area (Å²) in [4.78, 5) is 32.2. The second kappa shape index (κ2) is 5.53. The van der Waals surface area contributed by atoms with Crippen LogP contribution >= 0.6 is 15.9 Å². The Morgan fingerprint density at radius 1 is 1.59 bits per heavy atom. The molecule has 0 aliphatic carbocycles. The Morgan fingerprint density at radius 3 is 2.65 bits per heavy atom. The molecule has 0 saturated carbocycles. The van der Waals surface area contributed by atoms with E-state index in [1.807, 2.05) is 0 Å². The van der Waals surface area contributed by atoms with Crippen molar-refractivity contribution >= 4 is 33.7 Å². The predicted molar refractivity (Wildman–Crippen MR) is 63.2 cm³/mol. The van der Waals surface area contributed by atoms with Gasteiger partial charge in [0.1, 0.15) is 5.75 Å². The van der Waals surface area contributed by atoms with Crippen molar-refractivity contribution in [1.29, 1.82) is 0 Å². The monoisotopic (exact) mass is 301 g/mol. The molecule has 0 amide bonds. The molecule has 0 bridgehead atoms. The lowest BCUT2D eigenvalue weighted by Gasteiger charge is -2.07. The van der Waals surface area contributed by atoms with E-state index in [1.54, 1.807) is 0 Å². The molecule has 1 aromatic carbocycles. The number of nitrogens with zero attached hydrogens (tertiary/aromatic N) is 1. The number of carbonyl (C=O) groups is 2. The van der Waals surface area contributed by atoms with Gasteiger partial charge in [-0.1, -0.05) is 15.9 Å². The van der Waals surface area contributed by atoms with E-state index >= 15 is 0 Å². The van der Waals surface area contributed by atoms with Gasteiger partial charge in [0.15, 0.2) is 12.1 Å². The Bertz CT molecular complexity index is 486. The summed E-state index contributed by atoms with van der Waals surface area (Å²) in [7, 11) is 1.32. The zero-order valence-electron chi connectivity index (χ0n) is 8.81. The maximum absolute atomic E-state index is 11.5. The number of rotatable bonds is 5. The minimum absolute atomic E-state index is 0.0148. The Balaban J connectivity index is 3.49. The maximum Gasteiger partial charge on any atom is 0.280 e. The highest BCUT2D eigenvalue weighted by molar-refractivity contribution is 9.09. The number of hydrogen-bond donors (Lipinski definition) is 0. The quantitative estimate of drug-likeness (QED) is 0.273. The minimum Gasteiger partial charge on any atom is -0.496 e. The minimum atomic E-state index is -0.714. The fraction of sp³-hybridized carbons (Fsp3) is 0.200. The number of ether oxygens (including phenoxy) is 1. The molecule has 17 heavy (non-hydrogen) atoms. The summed E-state index contributed by atoms with van der Waals surface area (Å²) in [6.07, 6.45) is 0.350. The average molecular weight is 302 g/mol. The van der Waals surface area contributed by atoms with Crippen LogP contribution in [-0.2, 0) is 0 Å². The zero-order valence-corrected chi connectivity index (χ0v) is 10.4. The lowest BCUT2D eigenvalue weighted by Crippen LogP contribution is -2.06. The van der Waals surface area contributed by atoms with Crippen LogP contribution in [0.1, 0.15) is 20.7 Å². The van der Waals surface area contributed by atoms with E-state index in [0.717, 1.165) is 6.07 Å². The highest BCUT2D eigenvalue weighted by atomic mass is 79.9. The lowest BCUT2D eigenvalue weighted by atomic mass is 10.1. The molecule has 0 aliphatic rings. The van der Waals surface area contributed by atoms with Crippen molar-refractivity contribution in [3.05, 3.63) is 33.4 Å². The molecule has 0 N–H and O–H groups in total. The van der Waals surface area contributed by atoms with Crippen LogP contribution in [0.15, 0.2) is 12.1 Å². The lowest BCUT2D eigenvalue weighted by molar-refractivity contribution is -0.385. The van der Waals surface area contributed by atoms with Crippen LogP contribution in [-0.4, -0.2) is 29.4 Å². The van der Waals surface area contributed by atoms with Crippen molar-refractivity contribution in [2.24, 2.45) is 0 Å². The Hall–Kier alpha value is -1.76. The number of carbonyl (C=O) groups excluding carboxylic acids is 2. The Labute approximate surface area is 105 Å². The molecule has 0 aliphatic heterocycles. The number of nitro benzene ring substituents is 1. The molecule has 0 unspecified atom stereocenters. The third-order valence-corrected chi connectivity index (χ3v) is 2.60. The molecule has 1 aromatic rings.